The molecule has 4 heteroatoms. The molecule has 0 saturated carbocycles. The summed E-state index contributed by atoms with van der Waals surface area (Å²) >= 11 is 6.01. The molecule has 1 aromatic carbocycles. The van der Waals surface area contributed by atoms with Gasteiger partial charge in [0.1, 0.15) is 0 Å². The van der Waals surface area contributed by atoms with Crippen molar-refractivity contribution in [3.63, 3.8) is 0 Å². The lowest BCUT2D eigenvalue weighted by Crippen LogP contribution is -2.27. The molecule has 0 aliphatic carbocycles. The maximum absolute atomic E-state index is 11.8. The Morgan fingerprint density at radius 1 is 1.40 bits per heavy atom. The van der Waals surface area contributed by atoms with Crippen LogP contribution in [0.1, 0.15) is 12.0 Å². The number of carbonyl (C=O) groups is 1. The maximum Gasteiger partial charge on any atom is 0.231 e. The van der Waals surface area contributed by atoms with Crippen LogP contribution in [0.4, 0.5) is 11.4 Å². The van der Waals surface area contributed by atoms with Crippen molar-refractivity contribution in [1.82, 2.24) is 0 Å². The van der Waals surface area contributed by atoms with E-state index in [0.717, 1.165) is 36.4 Å². The molecule has 2 aliphatic heterocycles. The van der Waals surface area contributed by atoms with E-state index in [1.165, 1.54) is 0 Å². The SMILES string of the molecule is O=C1Cc2cc(Cl)cc3c2N1CCCN3. The van der Waals surface area contributed by atoms with Crippen LogP contribution in [0.25, 0.3) is 0 Å². The van der Waals surface area contributed by atoms with Gasteiger partial charge in [0.05, 0.1) is 17.8 Å². The summed E-state index contributed by atoms with van der Waals surface area (Å²) in [5.41, 5.74) is 3.10. The van der Waals surface area contributed by atoms with E-state index in [1.54, 1.807) is 0 Å². The van der Waals surface area contributed by atoms with Gasteiger partial charge in [-0.15, -0.1) is 0 Å². The topological polar surface area (TPSA) is 32.3 Å². The highest BCUT2D eigenvalue weighted by Gasteiger charge is 2.31. The highest BCUT2D eigenvalue weighted by atomic mass is 35.5. The summed E-state index contributed by atoms with van der Waals surface area (Å²) in [6.45, 7) is 1.71. The summed E-state index contributed by atoms with van der Waals surface area (Å²) in [4.78, 5) is 13.6. The third-order valence-corrected chi connectivity index (χ3v) is 3.16. The number of rotatable bonds is 0. The fourth-order valence-electron chi connectivity index (χ4n) is 2.32. The molecule has 1 N–H and O–H groups in total. The van der Waals surface area contributed by atoms with Gasteiger partial charge >= 0.3 is 0 Å². The maximum atomic E-state index is 11.8. The molecule has 78 valence electrons. The summed E-state index contributed by atoms with van der Waals surface area (Å²) in [6, 6.07) is 3.79. The molecular weight excluding hydrogens is 212 g/mol. The van der Waals surface area contributed by atoms with E-state index in [9.17, 15) is 4.79 Å². The molecule has 0 spiro atoms. The molecule has 0 atom stereocenters. The van der Waals surface area contributed by atoms with Crippen molar-refractivity contribution in [2.75, 3.05) is 23.3 Å². The normalized spacial score (nSPS) is 18.5. The van der Waals surface area contributed by atoms with Crippen molar-refractivity contribution < 1.29 is 4.79 Å². The first-order valence-corrected chi connectivity index (χ1v) is 5.50. The lowest BCUT2D eigenvalue weighted by Gasteiger charge is -2.16. The molecule has 2 aliphatic rings. The molecule has 0 radical (unpaired) electrons. The largest absolute Gasteiger partial charge is 0.383 e. The highest BCUT2D eigenvalue weighted by Crippen LogP contribution is 2.39. The van der Waals surface area contributed by atoms with E-state index >= 15 is 0 Å². The summed E-state index contributed by atoms with van der Waals surface area (Å²) in [7, 11) is 0. The number of anilines is 2. The van der Waals surface area contributed by atoms with Gasteiger partial charge in [0, 0.05) is 18.1 Å². The van der Waals surface area contributed by atoms with Crippen LogP contribution in [-0.4, -0.2) is 19.0 Å². The van der Waals surface area contributed by atoms with Crippen molar-refractivity contribution in [2.24, 2.45) is 0 Å². The average Bonchev–Trinajstić information content (AvgIpc) is 2.39. The molecule has 3 rings (SSSR count). The van der Waals surface area contributed by atoms with Crippen LogP contribution < -0.4 is 10.2 Å². The van der Waals surface area contributed by atoms with Gasteiger partial charge in [0.15, 0.2) is 0 Å². The number of nitrogens with zero attached hydrogens (tertiary/aromatic N) is 1. The minimum absolute atomic E-state index is 0.192. The Morgan fingerprint density at radius 3 is 3.13 bits per heavy atom. The van der Waals surface area contributed by atoms with E-state index in [2.05, 4.69) is 5.32 Å². The van der Waals surface area contributed by atoms with Crippen LogP contribution in [0.2, 0.25) is 5.02 Å². The molecule has 1 amide bonds. The Balaban J connectivity index is 2.22. The number of benzene rings is 1. The second-order valence-corrected chi connectivity index (χ2v) is 4.40. The second-order valence-electron chi connectivity index (χ2n) is 3.96. The van der Waals surface area contributed by atoms with Crippen LogP contribution in [0.15, 0.2) is 12.1 Å². The zero-order valence-corrected chi connectivity index (χ0v) is 8.97. The summed E-state index contributed by atoms with van der Waals surface area (Å²) < 4.78 is 0. The average molecular weight is 223 g/mol. The van der Waals surface area contributed by atoms with Crippen molar-refractivity contribution >= 4 is 28.9 Å². The summed E-state index contributed by atoms with van der Waals surface area (Å²) in [6.07, 6.45) is 1.47. The number of hydrogen-bond donors (Lipinski definition) is 1. The lowest BCUT2D eigenvalue weighted by molar-refractivity contribution is -0.117. The van der Waals surface area contributed by atoms with E-state index in [-0.39, 0.29) is 5.91 Å². The minimum Gasteiger partial charge on any atom is -0.383 e. The Bertz CT molecular complexity index is 444. The Kier molecular flexibility index (Phi) is 1.89. The quantitative estimate of drug-likeness (QED) is 0.729. The number of amides is 1. The highest BCUT2D eigenvalue weighted by molar-refractivity contribution is 6.31. The summed E-state index contributed by atoms with van der Waals surface area (Å²) in [5, 5.41) is 4.02. The number of carbonyl (C=O) groups excluding carboxylic acids is 1. The van der Waals surface area contributed by atoms with Gasteiger partial charge in [0.2, 0.25) is 5.91 Å². The molecular formula is C11H11ClN2O. The van der Waals surface area contributed by atoms with Gasteiger partial charge in [0.25, 0.3) is 0 Å². The second kappa shape index (κ2) is 3.14. The van der Waals surface area contributed by atoms with Crippen LogP contribution in [-0.2, 0) is 11.2 Å². The molecule has 0 fully saturated rings. The Morgan fingerprint density at radius 2 is 2.27 bits per heavy atom. The standard InChI is InChI=1S/C11H11ClN2O/c12-8-4-7-5-10(15)14-3-1-2-13-9(6-8)11(7)14/h4,6,13H,1-3,5H2. The van der Waals surface area contributed by atoms with Crippen molar-refractivity contribution in [3.8, 4) is 0 Å². The first-order valence-electron chi connectivity index (χ1n) is 5.12. The smallest absolute Gasteiger partial charge is 0.231 e. The molecule has 0 aromatic heterocycles. The Hall–Kier alpha value is -1.22. The molecule has 0 saturated heterocycles. The van der Waals surface area contributed by atoms with Crippen molar-refractivity contribution in [3.05, 3.63) is 22.7 Å². The van der Waals surface area contributed by atoms with E-state index < -0.39 is 0 Å². The number of hydrogen-bond acceptors (Lipinski definition) is 2. The number of nitrogens with one attached hydrogen (secondary N) is 1. The Labute approximate surface area is 93.0 Å². The van der Waals surface area contributed by atoms with Gasteiger partial charge in [-0.1, -0.05) is 11.6 Å². The molecule has 0 unspecified atom stereocenters. The minimum atomic E-state index is 0.192. The van der Waals surface area contributed by atoms with Gasteiger partial charge in [-0.3, -0.25) is 4.79 Å². The lowest BCUT2D eigenvalue weighted by atomic mass is 10.1. The molecule has 15 heavy (non-hydrogen) atoms. The van der Waals surface area contributed by atoms with Crippen LogP contribution in [0.5, 0.6) is 0 Å². The predicted octanol–water partition coefficient (Wildman–Crippen LogP) is 2.04. The molecule has 1 aromatic rings. The molecule has 2 heterocycles. The number of halogens is 1. The first kappa shape index (κ1) is 9.04. The fourth-order valence-corrected chi connectivity index (χ4v) is 2.56. The van der Waals surface area contributed by atoms with E-state index in [1.807, 2.05) is 17.0 Å². The van der Waals surface area contributed by atoms with Crippen LogP contribution in [0.3, 0.4) is 0 Å². The van der Waals surface area contributed by atoms with Crippen LogP contribution in [0, 0.1) is 0 Å². The van der Waals surface area contributed by atoms with Crippen molar-refractivity contribution in [1.29, 1.82) is 0 Å². The van der Waals surface area contributed by atoms with Gasteiger partial charge in [-0.05, 0) is 24.1 Å². The van der Waals surface area contributed by atoms with Gasteiger partial charge in [-0.25, -0.2) is 0 Å². The van der Waals surface area contributed by atoms with Gasteiger partial charge in [-0.2, -0.15) is 0 Å². The third-order valence-electron chi connectivity index (χ3n) is 2.94. The third kappa shape index (κ3) is 1.30. The van der Waals surface area contributed by atoms with Crippen molar-refractivity contribution in [2.45, 2.75) is 12.8 Å². The van der Waals surface area contributed by atoms with E-state index in [0.29, 0.717) is 11.4 Å². The summed E-state index contributed by atoms with van der Waals surface area (Å²) in [5.74, 6) is 0.192. The monoisotopic (exact) mass is 222 g/mol. The zero-order valence-electron chi connectivity index (χ0n) is 8.22. The predicted molar refractivity (Wildman–Crippen MR) is 60.6 cm³/mol. The van der Waals surface area contributed by atoms with E-state index in [4.69, 9.17) is 11.6 Å². The fraction of sp³-hybridized carbons (Fsp3) is 0.364. The molecule has 0 bridgehead atoms. The zero-order chi connectivity index (χ0) is 10.4. The van der Waals surface area contributed by atoms with Gasteiger partial charge < -0.3 is 10.2 Å². The molecule has 3 nitrogen and oxygen atoms in total. The van der Waals surface area contributed by atoms with Crippen LogP contribution >= 0.6 is 11.6 Å². The first-order chi connectivity index (χ1) is 7.25.